The summed E-state index contributed by atoms with van der Waals surface area (Å²) in [6, 6.07) is 3.32. The van der Waals surface area contributed by atoms with Gasteiger partial charge in [-0.25, -0.2) is 19.3 Å². The average Bonchev–Trinajstić information content (AvgIpc) is 3.62. The highest BCUT2D eigenvalue weighted by Crippen LogP contribution is 2.40. The van der Waals surface area contributed by atoms with Crippen molar-refractivity contribution in [3.8, 4) is 11.6 Å². The van der Waals surface area contributed by atoms with Crippen LogP contribution in [0.25, 0.3) is 5.82 Å². The number of carboxylic acids is 1. The molecule has 0 bridgehead atoms. The van der Waals surface area contributed by atoms with E-state index in [1.165, 1.54) is 25.4 Å². The maximum atomic E-state index is 13.3. The normalized spacial score (nSPS) is 18.8. The third-order valence-corrected chi connectivity index (χ3v) is 8.43. The molecule has 246 valence electrons. The van der Waals surface area contributed by atoms with Gasteiger partial charge in [0.15, 0.2) is 16.6 Å². The Morgan fingerprint density at radius 1 is 1.33 bits per heavy atom. The smallest absolute Gasteiger partial charge is 0.418 e. The summed E-state index contributed by atoms with van der Waals surface area (Å²) in [6.07, 6.45) is 5.02. The fourth-order valence-corrected chi connectivity index (χ4v) is 5.75. The zero-order chi connectivity index (χ0) is 33.2. The topological polar surface area (TPSA) is 242 Å². The Morgan fingerprint density at radius 2 is 2.09 bits per heavy atom. The first-order valence-electron chi connectivity index (χ1n) is 13.8. The third-order valence-electron chi connectivity index (χ3n) is 7.42. The van der Waals surface area contributed by atoms with Crippen molar-refractivity contribution in [2.45, 2.75) is 38.5 Å². The van der Waals surface area contributed by atoms with E-state index < -0.39 is 64.4 Å². The van der Waals surface area contributed by atoms with Gasteiger partial charge in [0, 0.05) is 36.9 Å². The maximum Gasteiger partial charge on any atom is 0.418 e. The van der Waals surface area contributed by atoms with Crippen molar-refractivity contribution >= 4 is 50.2 Å². The molecular weight excluding hydrogens is 648 g/mol. The number of rotatable bonds is 15. The number of β-lactam (4-membered cyclic amide) rings is 1. The zero-order valence-corrected chi connectivity index (χ0v) is 26.2. The van der Waals surface area contributed by atoms with Crippen LogP contribution in [-0.4, -0.2) is 92.4 Å². The Kier molecular flexibility index (Phi) is 9.35. The van der Waals surface area contributed by atoms with Crippen LogP contribution in [0.15, 0.2) is 47.6 Å². The van der Waals surface area contributed by atoms with Crippen LogP contribution in [0.2, 0.25) is 0 Å². The standard InChI is InChI=1S/C26H30N8O10S2/c1-26(2)17(23(36)34(26)44-46(39,40)41)7-19(35)22(18-13-45-25(27)30-18)31-43-20(24(37)38)12-42-16-3-4-21(29-10-16)33-6-5-32(14-33)11-15-8-28-9-15/h3-6,10,13-15,17,20,28H,7-9,11-12H2,1-2H3,(H3-,27,30,37,38,39,40,41)/p+1/b31-22-/t17-,20+/m1/s1. The number of hydrogen-bond donors (Lipinski definition) is 4. The van der Waals surface area contributed by atoms with Gasteiger partial charge in [-0.2, -0.15) is 18.0 Å². The largest absolute Gasteiger partial charge is 0.487 e. The van der Waals surface area contributed by atoms with Crippen molar-refractivity contribution in [2.24, 2.45) is 17.0 Å². The summed E-state index contributed by atoms with van der Waals surface area (Å²) in [5.74, 6) is -2.70. The number of anilines is 1. The summed E-state index contributed by atoms with van der Waals surface area (Å²) < 4.78 is 45.0. The molecule has 2 atom stereocenters. The molecule has 46 heavy (non-hydrogen) atoms. The maximum absolute atomic E-state index is 13.3. The molecule has 3 aromatic heterocycles. The van der Waals surface area contributed by atoms with E-state index in [0.717, 1.165) is 31.0 Å². The van der Waals surface area contributed by atoms with E-state index in [4.69, 9.17) is 19.9 Å². The van der Waals surface area contributed by atoms with Crippen LogP contribution in [0.3, 0.4) is 0 Å². The fraction of sp³-hybridized carbons (Fsp3) is 0.423. The predicted octanol–water partition coefficient (Wildman–Crippen LogP) is -0.399. The number of oxime groups is 1. The molecule has 3 aromatic rings. The van der Waals surface area contributed by atoms with Gasteiger partial charge in [0.05, 0.1) is 24.2 Å². The van der Waals surface area contributed by atoms with Crippen molar-refractivity contribution in [1.29, 1.82) is 0 Å². The van der Waals surface area contributed by atoms with Crippen LogP contribution < -0.4 is 20.4 Å². The van der Waals surface area contributed by atoms with Gasteiger partial charge in [-0.15, -0.1) is 15.6 Å². The van der Waals surface area contributed by atoms with Crippen molar-refractivity contribution in [3.05, 3.63) is 48.1 Å². The Bertz CT molecular complexity index is 1750. The van der Waals surface area contributed by atoms with Crippen molar-refractivity contribution in [1.82, 2.24) is 24.9 Å². The number of Topliss-reactive ketones (excluding diaryl/α,β-unsaturated/α-hetero) is 1. The highest BCUT2D eigenvalue weighted by atomic mass is 32.3. The SMILES string of the molecule is CC1(C)[C@H](CC(=O)/C(=N\O[C@@H](COc2ccc(-n3cc[n+](CC4CNC4)c3)nc2)C(=O)O)c2csc(N)n2)C(=O)N1OS(=O)(=O)O. The second kappa shape index (κ2) is 13.1. The van der Waals surface area contributed by atoms with E-state index in [0.29, 0.717) is 16.8 Å². The number of aliphatic carboxylic acids is 1. The van der Waals surface area contributed by atoms with Crippen LogP contribution in [-0.2, 0) is 40.4 Å². The lowest BCUT2D eigenvalue weighted by Crippen LogP contribution is -2.68. The molecule has 2 aliphatic heterocycles. The number of imidazole rings is 1. The summed E-state index contributed by atoms with van der Waals surface area (Å²) in [5, 5.41) is 18.7. The number of hydroxylamine groups is 2. The van der Waals surface area contributed by atoms with E-state index in [1.54, 1.807) is 12.1 Å². The van der Waals surface area contributed by atoms with Gasteiger partial charge in [0.1, 0.15) is 30.4 Å². The molecule has 5 N–H and O–H groups in total. The molecule has 18 nitrogen and oxygen atoms in total. The second-order valence-electron chi connectivity index (χ2n) is 11.1. The first kappa shape index (κ1) is 32.9. The number of nitrogens with two attached hydrogens (primary N) is 1. The monoisotopic (exact) mass is 679 g/mol. The quantitative estimate of drug-likeness (QED) is 0.0526. The molecule has 0 aliphatic carbocycles. The molecule has 0 unspecified atom stereocenters. The number of ether oxygens (including phenoxy) is 1. The number of nitrogens with one attached hydrogen (secondary N) is 1. The summed E-state index contributed by atoms with van der Waals surface area (Å²) in [6.45, 7) is 5.21. The number of aromatic nitrogens is 4. The van der Waals surface area contributed by atoms with E-state index >= 15 is 0 Å². The Morgan fingerprint density at radius 3 is 2.65 bits per heavy atom. The van der Waals surface area contributed by atoms with Gasteiger partial charge >= 0.3 is 16.4 Å². The molecule has 1 amide bonds. The van der Waals surface area contributed by atoms with Gasteiger partial charge in [0.2, 0.25) is 12.1 Å². The number of ketones is 1. The van der Waals surface area contributed by atoms with Crippen molar-refractivity contribution < 1.29 is 50.9 Å². The Balaban J connectivity index is 1.23. The number of carboxylic acid groups (broad SMARTS) is 1. The zero-order valence-electron chi connectivity index (χ0n) is 24.5. The minimum absolute atomic E-state index is 0.0244. The average molecular weight is 680 g/mol. The molecular formula is C26H31N8O10S2+. The molecule has 0 radical (unpaired) electrons. The summed E-state index contributed by atoms with van der Waals surface area (Å²) in [5.41, 5.74) is 3.95. The van der Waals surface area contributed by atoms with Crippen LogP contribution in [0.1, 0.15) is 26.0 Å². The van der Waals surface area contributed by atoms with Crippen LogP contribution in [0.4, 0.5) is 5.13 Å². The van der Waals surface area contributed by atoms with Crippen molar-refractivity contribution in [3.63, 3.8) is 0 Å². The number of amides is 1. The number of thiazole rings is 1. The summed E-state index contributed by atoms with van der Waals surface area (Å²) >= 11 is 0.986. The molecule has 2 fully saturated rings. The molecule has 2 saturated heterocycles. The number of carbonyl (C=O) groups excluding carboxylic acids is 2. The van der Waals surface area contributed by atoms with E-state index in [-0.39, 0.29) is 16.6 Å². The number of nitrogen functional groups attached to an aromatic ring is 1. The van der Waals surface area contributed by atoms with Gasteiger partial charge in [-0.05, 0) is 19.9 Å². The molecule has 5 heterocycles. The molecule has 0 saturated carbocycles. The predicted molar refractivity (Wildman–Crippen MR) is 158 cm³/mol. The van der Waals surface area contributed by atoms with Gasteiger partial charge in [-0.3, -0.25) is 14.1 Å². The first-order valence-corrected chi connectivity index (χ1v) is 16.0. The summed E-state index contributed by atoms with van der Waals surface area (Å²) in [4.78, 5) is 51.4. The van der Waals surface area contributed by atoms with Crippen LogP contribution in [0.5, 0.6) is 5.75 Å². The third kappa shape index (κ3) is 7.48. The molecule has 2 aliphatic rings. The molecule has 0 aromatic carbocycles. The minimum Gasteiger partial charge on any atom is -0.487 e. The molecule has 5 rings (SSSR count). The number of pyridine rings is 1. The first-order chi connectivity index (χ1) is 21.7. The van der Waals surface area contributed by atoms with Crippen LogP contribution in [0, 0.1) is 11.8 Å². The molecule has 0 spiro atoms. The van der Waals surface area contributed by atoms with Gasteiger partial charge in [0.25, 0.3) is 12.0 Å². The lowest BCUT2D eigenvalue weighted by Gasteiger charge is -2.50. The van der Waals surface area contributed by atoms with Crippen molar-refractivity contribution in [2.75, 3.05) is 25.4 Å². The lowest BCUT2D eigenvalue weighted by molar-refractivity contribution is -0.703. The number of nitrogens with zero attached hydrogens (tertiary/aromatic N) is 6. The summed E-state index contributed by atoms with van der Waals surface area (Å²) in [7, 11) is -4.99. The molecule has 20 heteroatoms. The number of hydrogen-bond acceptors (Lipinski definition) is 14. The fourth-order valence-electron chi connectivity index (χ4n) is 4.75. The number of carbonyl (C=O) groups is 3. The highest BCUT2D eigenvalue weighted by molar-refractivity contribution is 7.80. The Hall–Kier alpha value is -4.50. The minimum atomic E-state index is -4.99. The van der Waals surface area contributed by atoms with E-state index in [1.807, 2.05) is 23.3 Å². The van der Waals surface area contributed by atoms with Crippen LogP contribution >= 0.6 is 11.3 Å². The highest BCUT2D eigenvalue weighted by Gasteiger charge is 2.57. The van der Waals surface area contributed by atoms with Gasteiger partial charge < -0.3 is 25.7 Å². The second-order valence-corrected chi connectivity index (χ2v) is 13.0. The van der Waals surface area contributed by atoms with Gasteiger partial charge in [-0.1, -0.05) is 5.16 Å². The lowest BCUT2D eigenvalue weighted by atomic mass is 9.74. The van der Waals surface area contributed by atoms with E-state index in [9.17, 15) is 27.9 Å². The Labute approximate surface area is 266 Å². The van der Waals surface area contributed by atoms with E-state index in [2.05, 4.69) is 29.3 Å².